The molecule has 3 heterocycles. The van der Waals surface area contributed by atoms with E-state index in [1.807, 2.05) is 10.3 Å². The lowest BCUT2D eigenvalue weighted by atomic mass is 10.2. The van der Waals surface area contributed by atoms with Crippen molar-refractivity contribution in [2.45, 2.75) is 6.54 Å². The van der Waals surface area contributed by atoms with E-state index in [1.165, 1.54) is 24.5 Å². The van der Waals surface area contributed by atoms with E-state index in [9.17, 15) is 9.18 Å². The summed E-state index contributed by atoms with van der Waals surface area (Å²) in [4.78, 5) is 29.2. The Bertz CT molecular complexity index is 907. The summed E-state index contributed by atoms with van der Waals surface area (Å²) >= 11 is 1.60. The van der Waals surface area contributed by atoms with Crippen LogP contribution in [0.15, 0.2) is 48.2 Å². The molecular formula is C19H18FN5OS. The number of nitrogens with zero attached hydrogens (tertiary/aromatic N) is 5. The Morgan fingerprint density at radius 1 is 1.11 bits per heavy atom. The highest BCUT2D eigenvalue weighted by molar-refractivity contribution is 7.09. The van der Waals surface area contributed by atoms with Crippen LogP contribution in [0.5, 0.6) is 0 Å². The van der Waals surface area contributed by atoms with Gasteiger partial charge >= 0.3 is 0 Å². The van der Waals surface area contributed by atoms with E-state index < -0.39 is 0 Å². The highest BCUT2D eigenvalue weighted by atomic mass is 32.1. The van der Waals surface area contributed by atoms with E-state index in [1.54, 1.807) is 29.7 Å². The number of thiazole rings is 1. The zero-order chi connectivity index (χ0) is 18.6. The number of halogens is 1. The highest BCUT2D eigenvalue weighted by Crippen LogP contribution is 2.23. The van der Waals surface area contributed by atoms with Crippen molar-refractivity contribution in [1.29, 1.82) is 0 Å². The summed E-state index contributed by atoms with van der Waals surface area (Å²) in [6, 6.07) is 6.37. The minimum absolute atomic E-state index is 0.0735. The Hall–Kier alpha value is -2.71. The Kier molecular flexibility index (Phi) is 5.17. The van der Waals surface area contributed by atoms with Crippen LogP contribution < -0.4 is 0 Å². The molecule has 8 heteroatoms. The fourth-order valence-corrected chi connectivity index (χ4v) is 3.85. The van der Waals surface area contributed by atoms with Crippen molar-refractivity contribution in [3.63, 3.8) is 0 Å². The first-order valence-corrected chi connectivity index (χ1v) is 9.55. The molecule has 1 aliphatic rings. The lowest BCUT2D eigenvalue weighted by Crippen LogP contribution is -2.48. The average Bonchev–Trinajstić information content (AvgIpc) is 3.18. The molecule has 1 aromatic carbocycles. The van der Waals surface area contributed by atoms with Crippen molar-refractivity contribution in [2.75, 3.05) is 26.2 Å². The van der Waals surface area contributed by atoms with E-state index in [4.69, 9.17) is 0 Å². The third kappa shape index (κ3) is 4.17. The number of hydrogen-bond acceptors (Lipinski definition) is 6. The molecule has 0 N–H and O–H groups in total. The number of hydrogen-bond donors (Lipinski definition) is 0. The van der Waals surface area contributed by atoms with Gasteiger partial charge in [0, 0.05) is 49.5 Å². The number of carbonyl (C=O) groups is 1. The number of piperazine rings is 1. The van der Waals surface area contributed by atoms with Crippen molar-refractivity contribution in [3.8, 4) is 11.3 Å². The van der Waals surface area contributed by atoms with Gasteiger partial charge in [-0.3, -0.25) is 14.7 Å². The molecule has 1 aliphatic heterocycles. The Morgan fingerprint density at radius 3 is 2.59 bits per heavy atom. The van der Waals surface area contributed by atoms with Crippen LogP contribution in [0, 0.1) is 5.82 Å². The monoisotopic (exact) mass is 383 g/mol. The zero-order valence-corrected chi connectivity index (χ0v) is 15.4. The van der Waals surface area contributed by atoms with Gasteiger partial charge in [0.05, 0.1) is 18.4 Å². The van der Waals surface area contributed by atoms with Crippen molar-refractivity contribution in [2.24, 2.45) is 0 Å². The number of carbonyl (C=O) groups excluding carboxylic acids is 1. The Balaban J connectivity index is 1.33. The van der Waals surface area contributed by atoms with Gasteiger partial charge in [0.15, 0.2) is 0 Å². The molecule has 0 atom stereocenters. The minimum atomic E-state index is -0.247. The first-order valence-electron chi connectivity index (χ1n) is 8.67. The van der Waals surface area contributed by atoms with Crippen LogP contribution in [-0.4, -0.2) is 56.8 Å². The van der Waals surface area contributed by atoms with Crippen LogP contribution in [0.25, 0.3) is 11.3 Å². The maximum atomic E-state index is 13.1. The molecule has 4 rings (SSSR count). The lowest BCUT2D eigenvalue weighted by molar-refractivity contribution is 0.0622. The Morgan fingerprint density at radius 2 is 1.89 bits per heavy atom. The molecule has 2 aromatic heterocycles. The van der Waals surface area contributed by atoms with E-state index in [0.717, 1.165) is 35.9 Å². The molecule has 0 aliphatic carbocycles. The summed E-state index contributed by atoms with van der Waals surface area (Å²) in [6.45, 7) is 3.64. The molecule has 0 spiro atoms. The summed E-state index contributed by atoms with van der Waals surface area (Å²) in [7, 11) is 0. The molecule has 1 fully saturated rings. The Labute approximate surface area is 160 Å². The fraction of sp³-hybridized carbons (Fsp3) is 0.263. The quantitative estimate of drug-likeness (QED) is 0.693. The van der Waals surface area contributed by atoms with Crippen molar-refractivity contribution >= 4 is 17.2 Å². The first-order chi connectivity index (χ1) is 13.2. The predicted molar refractivity (Wildman–Crippen MR) is 101 cm³/mol. The van der Waals surface area contributed by atoms with Crippen molar-refractivity contribution in [1.82, 2.24) is 24.8 Å². The highest BCUT2D eigenvalue weighted by Gasteiger charge is 2.23. The molecular weight excluding hydrogens is 365 g/mol. The molecule has 0 unspecified atom stereocenters. The SMILES string of the molecule is O=C(c1cnccn1)N1CCN(Cc2nc(-c3ccc(F)cc3)cs2)CC1. The van der Waals surface area contributed by atoms with Gasteiger partial charge in [-0.15, -0.1) is 11.3 Å². The van der Waals surface area contributed by atoms with Gasteiger partial charge in [-0.25, -0.2) is 14.4 Å². The average molecular weight is 383 g/mol. The summed E-state index contributed by atoms with van der Waals surface area (Å²) in [6.07, 6.45) is 4.59. The van der Waals surface area contributed by atoms with Crippen LogP contribution in [-0.2, 0) is 6.54 Å². The second kappa shape index (κ2) is 7.89. The van der Waals surface area contributed by atoms with Crippen LogP contribution in [0.3, 0.4) is 0 Å². The van der Waals surface area contributed by atoms with E-state index in [0.29, 0.717) is 18.8 Å². The van der Waals surface area contributed by atoms with Crippen molar-refractivity contribution in [3.05, 3.63) is 64.8 Å². The minimum Gasteiger partial charge on any atom is -0.335 e. The molecule has 1 amide bonds. The van der Waals surface area contributed by atoms with E-state index in [2.05, 4.69) is 19.9 Å². The summed E-state index contributed by atoms with van der Waals surface area (Å²) in [5, 5.41) is 3.01. The second-order valence-electron chi connectivity index (χ2n) is 6.29. The largest absolute Gasteiger partial charge is 0.335 e. The maximum Gasteiger partial charge on any atom is 0.274 e. The lowest BCUT2D eigenvalue weighted by Gasteiger charge is -2.34. The third-order valence-corrected chi connectivity index (χ3v) is 5.33. The molecule has 0 bridgehead atoms. The molecule has 6 nitrogen and oxygen atoms in total. The molecule has 0 saturated carbocycles. The zero-order valence-electron chi connectivity index (χ0n) is 14.6. The summed E-state index contributed by atoms with van der Waals surface area (Å²) in [5.74, 6) is -0.321. The van der Waals surface area contributed by atoms with Crippen LogP contribution in [0.4, 0.5) is 4.39 Å². The summed E-state index contributed by atoms with van der Waals surface area (Å²) < 4.78 is 13.1. The molecule has 0 radical (unpaired) electrons. The number of benzene rings is 1. The van der Waals surface area contributed by atoms with Crippen LogP contribution in [0.2, 0.25) is 0 Å². The van der Waals surface area contributed by atoms with Gasteiger partial charge < -0.3 is 4.90 Å². The molecule has 3 aromatic rings. The smallest absolute Gasteiger partial charge is 0.274 e. The van der Waals surface area contributed by atoms with Crippen LogP contribution in [0.1, 0.15) is 15.5 Å². The van der Waals surface area contributed by atoms with Gasteiger partial charge in [0.25, 0.3) is 5.91 Å². The normalized spacial score (nSPS) is 15.1. The fourth-order valence-electron chi connectivity index (χ4n) is 3.01. The predicted octanol–water partition coefficient (Wildman–Crippen LogP) is 2.70. The molecule has 138 valence electrons. The van der Waals surface area contributed by atoms with Gasteiger partial charge in [0.1, 0.15) is 16.5 Å². The topological polar surface area (TPSA) is 62.2 Å². The van der Waals surface area contributed by atoms with Gasteiger partial charge in [0.2, 0.25) is 0 Å². The maximum absolute atomic E-state index is 13.1. The number of rotatable bonds is 4. The summed E-state index contributed by atoms with van der Waals surface area (Å²) in [5.41, 5.74) is 2.17. The van der Waals surface area contributed by atoms with Gasteiger partial charge in [-0.1, -0.05) is 0 Å². The molecule has 1 saturated heterocycles. The second-order valence-corrected chi connectivity index (χ2v) is 7.24. The first kappa shape index (κ1) is 17.7. The standard InChI is InChI=1S/C19H18FN5OS/c20-15-3-1-14(2-4-15)17-13-27-18(23-17)12-24-7-9-25(10-8-24)19(26)16-11-21-5-6-22-16/h1-6,11,13H,7-10,12H2. The number of amides is 1. The van der Waals surface area contributed by atoms with Crippen LogP contribution >= 0.6 is 11.3 Å². The van der Waals surface area contributed by atoms with Gasteiger partial charge in [-0.2, -0.15) is 0 Å². The molecule has 27 heavy (non-hydrogen) atoms. The number of aromatic nitrogens is 3. The van der Waals surface area contributed by atoms with Crippen molar-refractivity contribution < 1.29 is 9.18 Å². The van der Waals surface area contributed by atoms with E-state index in [-0.39, 0.29) is 11.7 Å². The van der Waals surface area contributed by atoms with E-state index >= 15 is 0 Å². The van der Waals surface area contributed by atoms with Gasteiger partial charge in [-0.05, 0) is 24.3 Å². The third-order valence-electron chi connectivity index (χ3n) is 4.49.